The van der Waals surface area contributed by atoms with Crippen LogP contribution in [-0.2, 0) is 32.7 Å². The number of hydrogen-bond acceptors (Lipinski definition) is 7. The van der Waals surface area contributed by atoms with Crippen LogP contribution in [0.15, 0.2) is 97.2 Å². The Bertz CT molecular complexity index is 1240. The molecule has 0 aliphatic rings. The van der Waals surface area contributed by atoms with Crippen LogP contribution in [0.2, 0.25) is 0 Å². The van der Waals surface area contributed by atoms with Gasteiger partial charge < -0.3 is 14.4 Å². The minimum atomic E-state index is -4.29. The Morgan fingerprint density at radius 3 is 1.40 bits per heavy atom. The van der Waals surface area contributed by atoms with Crippen molar-refractivity contribution in [2.45, 2.75) is 174 Å². The van der Waals surface area contributed by atoms with E-state index in [0.29, 0.717) is 6.42 Å². The van der Waals surface area contributed by atoms with Gasteiger partial charge in [-0.1, -0.05) is 169 Å². The molecule has 0 aliphatic carbocycles. The zero-order valence-corrected chi connectivity index (χ0v) is 36.8. The summed E-state index contributed by atoms with van der Waals surface area (Å²) >= 11 is 0. The maximum Gasteiger partial charge on any atom is 0.472 e. The number of phosphoric acid groups is 1. The minimum absolute atomic E-state index is 0.113. The molecule has 0 rings (SSSR count). The Morgan fingerprint density at radius 2 is 0.930 bits per heavy atom. The minimum Gasteiger partial charge on any atom is -0.462 e. The molecular formula is C48H79O8P. The highest BCUT2D eigenvalue weighted by Gasteiger charge is 2.24. The van der Waals surface area contributed by atoms with Crippen molar-refractivity contribution in [1.29, 1.82) is 0 Å². The number of esters is 2. The van der Waals surface area contributed by atoms with Crippen molar-refractivity contribution >= 4 is 19.8 Å². The monoisotopic (exact) mass is 815 g/mol. The van der Waals surface area contributed by atoms with E-state index in [0.717, 1.165) is 84.2 Å². The lowest BCUT2D eigenvalue weighted by Crippen LogP contribution is -2.29. The third-order valence-corrected chi connectivity index (χ3v) is 9.76. The average Bonchev–Trinajstić information content (AvgIpc) is 3.20. The summed E-state index contributed by atoms with van der Waals surface area (Å²) in [5, 5.41) is 0. The molecule has 0 aromatic heterocycles. The second-order valence-corrected chi connectivity index (χ2v) is 15.7. The summed E-state index contributed by atoms with van der Waals surface area (Å²) in [7, 11) is -3.25. The van der Waals surface area contributed by atoms with Gasteiger partial charge in [0.05, 0.1) is 6.61 Å². The summed E-state index contributed by atoms with van der Waals surface area (Å²) in [6.45, 7) is 3.68. The molecule has 0 spiro atoms. The molecule has 2 unspecified atom stereocenters. The third-order valence-electron chi connectivity index (χ3n) is 8.83. The Kier molecular flexibility index (Phi) is 40.3. The lowest BCUT2D eigenvalue weighted by atomic mass is 10.1. The van der Waals surface area contributed by atoms with Crippen molar-refractivity contribution in [2.24, 2.45) is 0 Å². The molecule has 0 aromatic rings. The lowest BCUT2D eigenvalue weighted by Gasteiger charge is -2.19. The van der Waals surface area contributed by atoms with Gasteiger partial charge in [0.2, 0.25) is 0 Å². The van der Waals surface area contributed by atoms with Crippen LogP contribution in [0.5, 0.6) is 0 Å². The molecule has 0 aromatic carbocycles. The second-order valence-electron chi connectivity index (χ2n) is 14.1. The first-order chi connectivity index (χ1) is 27.8. The molecule has 0 saturated heterocycles. The fraction of sp³-hybridized carbons (Fsp3) is 0.625. The number of carbonyl (C=O) groups excluding carboxylic acids is 2. The van der Waals surface area contributed by atoms with E-state index in [4.69, 9.17) is 14.0 Å². The SMILES string of the molecule is CC/C=C\C/C=C\C/C=C\C/C=C\C/C=C\C/C=C\CCC(=O)OC(COC(=O)CCCCCCCCCCC/C=C\C/C=C\CCCCC)COP(=O)(O)OC. The molecular weight excluding hydrogens is 735 g/mol. The first-order valence-corrected chi connectivity index (χ1v) is 23.4. The third kappa shape index (κ3) is 42.4. The van der Waals surface area contributed by atoms with E-state index in [1.165, 1.54) is 57.8 Å². The van der Waals surface area contributed by atoms with Gasteiger partial charge in [0.25, 0.3) is 0 Å². The predicted molar refractivity (Wildman–Crippen MR) is 239 cm³/mol. The topological polar surface area (TPSA) is 108 Å². The number of phosphoric ester groups is 1. The fourth-order valence-electron chi connectivity index (χ4n) is 5.48. The molecule has 0 bridgehead atoms. The number of hydrogen-bond donors (Lipinski definition) is 1. The average molecular weight is 815 g/mol. The van der Waals surface area contributed by atoms with E-state index in [1.54, 1.807) is 0 Å². The van der Waals surface area contributed by atoms with Crippen LogP contribution in [0.25, 0.3) is 0 Å². The highest BCUT2D eigenvalue weighted by molar-refractivity contribution is 7.47. The van der Waals surface area contributed by atoms with Crippen molar-refractivity contribution < 1.29 is 37.6 Å². The van der Waals surface area contributed by atoms with Crippen LogP contribution in [0.4, 0.5) is 0 Å². The summed E-state index contributed by atoms with van der Waals surface area (Å²) in [4.78, 5) is 34.5. The van der Waals surface area contributed by atoms with Crippen LogP contribution >= 0.6 is 7.82 Å². The van der Waals surface area contributed by atoms with Gasteiger partial charge >= 0.3 is 19.8 Å². The first kappa shape index (κ1) is 54.0. The summed E-state index contributed by atoms with van der Waals surface area (Å²) in [6.07, 6.45) is 57.6. The van der Waals surface area contributed by atoms with Crippen LogP contribution in [0.3, 0.4) is 0 Å². The van der Waals surface area contributed by atoms with Gasteiger partial charge in [-0.25, -0.2) is 4.57 Å². The van der Waals surface area contributed by atoms with Crippen molar-refractivity contribution in [3.63, 3.8) is 0 Å². The molecule has 0 saturated carbocycles. The summed E-state index contributed by atoms with van der Waals surface area (Å²) in [6, 6.07) is 0. The normalized spacial score (nSPS) is 14.2. The second kappa shape index (κ2) is 42.6. The summed E-state index contributed by atoms with van der Waals surface area (Å²) in [5.41, 5.74) is 0. The van der Waals surface area contributed by atoms with Crippen molar-refractivity contribution in [3.8, 4) is 0 Å². The zero-order chi connectivity index (χ0) is 41.8. The van der Waals surface area contributed by atoms with E-state index in [-0.39, 0.29) is 19.4 Å². The number of rotatable bonds is 39. The number of allylic oxidation sites excluding steroid dienone is 16. The zero-order valence-electron chi connectivity index (χ0n) is 36.0. The van der Waals surface area contributed by atoms with E-state index >= 15 is 0 Å². The van der Waals surface area contributed by atoms with Crippen LogP contribution < -0.4 is 0 Å². The summed E-state index contributed by atoms with van der Waals surface area (Å²) < 4.78 is 31.9. The maximum atomic E-state index is 12.5. The van der Waals surface area contributed by atoms with Crippen molar-refractivity contribution in [2.75, 3.05) is 20.3 Å². The van der Waals surface area contributed by atoms with Gasteiger partial charge in [0, 0.05) is 20.0 Å². The molecule has 0 fully saturated rings. The standard InChI is InChI=1S/C48H79O8P/c1-4-6-8-10-12-14-16-18-20-22-24-26-28-30-32-34-36-38-40-42-47(49)54-44-46(45-55-57(51,52)53-3)56-48(50)43-41-39-37-35-33-31-29-27-25-23-21-19-17-15-13-11-9-7-5-2/h7,9,12-15,18-21,25,27,31,33,37,39,46H,4-6,8,10-11,16-17,22-24,26,28-30,32,34-36,38,40-45H2,1-3H3,(H,51,52)/b9-7-,14-12-,15-13-,20-18-,21-19-,27-25-,33-31-,39-37-. The number of ether oxygens (including phenoxy) is 2. The van der Waals surface area contributed by atoms with Gasteiger partial charge in [0.1, 0.15) is 6.61 Å². The molecule has 57 heavy (non-hydrogen) atoms. The van der Waals surface area contributed by atoms with Gasteiger partial charge in [-0.2, -0.15) is 0 Å². The fourth-order valence-corrected chi connectivity index (χ4v) is 5.94. The van der Waals surface area contributed by atoms with E-state index in [1.807, 2.05) is 12.2 Å². The largest absolute Gasteiger partial charge is 0.472 e. The Balaban J connectivity index is 4.13. The van der Waals surface area contributed by atoms with Crippen LogP contribution in [0, 0.1) is 0 Å². The van der Waals surface area contributed by atoms with Gasteiger partial charge in [-0.3, -0.25) is 18.6 Å². The van der Waals surface area contributed by atoms with E-state index < -0.39 is 32.5 Å². The van der Waals surface area contributed by atoms with Crippen molar-refractivity contribution in [3.05, 3.63) is 97.2 Å². The highest BCUT2D eigenvalue weighted by Crippen LogP contribution is 2.42. The van der Waals surface area contributed by atoms with E-state index in [2.05, 4.69) is 103 Å². The predicted octanol–water partition coefficient (Wildman–Crippen LogP) is 14.1. The highest BCUT2D eigenvalue weighted by atomic mass is 31.2. The number of carbonyl (C=O) groups is 2. The molecule has 8 nitrogen and oxygen atoms in total. The lowest BCUT2D eigenvalue weighted by molar-refractivity contribution is -0.161. The summed E-state index contributed by atoms with van der Waals surface area (Å²) in [5.74, 6) is -0.914. The van der Waals surface area contributed by atoms with Gasteiger partial charge in [-0.05, 0) is 83.5 Å². The Hall–Kier alpha value is -3.03. The first-order valence-electron chi connectivity index (χ1n) is 21.9. The Labute approximate surface area is 347 Å². The molecule has 1 N–H and O–H groups in total. The maximum absolute atomic E-state index is 12.5. The van der Waals surface area contributed by atoms with Crippen LogP contribution in [0.1, 0.15) is 168 Å². The molecule has 0 amide bonds. The van der Waals surface area contributed by atoms with E-state index in [9.17, 15) is 19.0 Å². The smallest absolute Gasteiger partial charge is 0.462 e. The number of unbranched alkanes of at least 4 members (excludes halogenated alkanes) is 12. The Morgan fingerprint density at radius 1 is 0.509 bits per heavy atom. The molecule has 0 radical (unpaired) electrons. The molecule has 0 heterocycles. The van der Waals surface area contributed by atoms with Crippen LogP contribution in [-0.4, -0.2) is 43.3 Å². The molecule has 324 valence electrons. The van der Waals surface area contributed by atoms with Crippen molar-refractivity contribution in [1.82, 2.24) is 0 Å². The molecule has 0 aliphatic heterocycles. The molecule has 9 heteroatoms. The molecule has 2 atom stereocenters. The quantitative estimate of drug-likeness (QED) is 0.0283. The van der Waals surface area contributed by atoms with Gasteiger partial charge in [-0.15, -0.1) is 0 Å². The van der Waals surface area contributed by atoms with Gasteiger partial charge in [0.15, 0.2) is 6.10 Å².